The van der Waals surface area contributed by atoms with Crippen LogP contribution in [-0.4, -0.2) is 40.6 Å². The molecule has 1 aromatic rings. The SMILES string of the molecule is CC(=O)NC(C)C(=O)N(CC(=O)O)c1ccc(O)cc1. The minimum absolute atomic E-state index is 0.00591. The Balaban J connectivity index is 2.99. The fraction of sp³-hybridized carbons (Fsp3) is 0.308. The maximum atomic E-state index is 12.2. The third kappa shape index (κ3) is 4.27. The fourth-order valence-electron chi connectivity index (χ4n) is 1.66. The number of carboxylic acids is 1. The monoisotopic (exact) mass is 280 g/mol. The Kier molecular flexibility index (Phi) is 5.08. The summed E-state index contributed by atoms with van der Waals surface area (Å²) < 4.78 is 0. The summed E-state index contributed by atoms with van der Waals surface area (Å²) in [6, 6.07) is 4.70. The van der Waals surface area contributed by atoms with Crippen molar-refractivity contribution in [1.82, 2.24) is 5.32 Å². The highest BCUT2D eigenvalue weighted by Gasteiger charge is 2.24. The molecule has 3 N–H and O–H groups in total. The minimum atomic E-state index is -1.18. The van der Waals surface area contributed by atoms with Gasteiger partial charge in [-0.1, -0.05) is 0 Å². The van der Waals surface area contributed by atoms with Gasteiger partial charge in [-0.25, -0.2) is 0 Å². The lowest BCUT2D eigenvalue weighted by atomic mass is 10.2. The van der Waals surface area contributed by atoms with Gasteiger partial charge < -0.3 is 15.5 Å². The van der Waals surface area contributed by atoms with Crippen molar-refractivity contribution >= 4 is 23.5 Å². The number of amides is 2. The van der Waals surface area contributed by atoms with Crippen LogP contribution in [-0.2, 0) is 14.4 Å². The van der Waals surface area contributed by atoms with E-state index in [4.69, 9.17) is 5.11 Å². The van der Waals surface area contributed by atoms with Gasteiger partial charge in [0.15, 0.2) is 0 Å². The Morgan fingerprint density at radius 3 is 2.25 bits per heavy atom. The summed E-state index contributed by atoms with van der Waals surface area (Å²) in [5.74, 6) is -2.10. The molecule has 108 valence electrons. The molecule has 1 aromatic carbocycles. The second-order valence-corrected chi connectivity index (χ2v) is 4.26. The topological polar surface area (TPSA) is 107 Å². The zero-order valence-electron chi connectivity index (χ0n) is 11.2. The number of rotatable bonds is 5. The number of nitrogens with one attached hydrogen (secondary N) is 1. The number of phenolic OH excluding ortho intramolecular Hbond substituents is 1. The molecule has 0 aliphatic heterocycles. The number of hydrogen-bond acceptors (Lipinski definition) is 4. The Labute approximate surface area is 115 Å². The molecule has 2 amide bonds. The molecule has 0 heterocycles. The molecule has 0 saturated carbocycles. The Hall–Kier alpha value is -2.57. The van der Waals surface area contributed by atoms with Gasteiger partial charge in [0.25, 0.3) is 0 Å². The quantitative estimate of drug-likeness (QED) is 0.720. The molecule has 1 unspecified atom stereocenters. The van der Waals surface area contributed by atoms with E-state index in [1.807, 2.05) is 0 Å². The highest BCUT2D eigenvalue weighted by atomic mass is 16.4. The van der Waals surface area contributed by atoms with Gasteiger partial charge in [0.1, 0.15) is 18.3 Å². The standard InChI is InChI=1S/C13H16N2O5/c1-8(14-9(2)16)13(20)15(7-12(18)19)10-3-5-11(17)6-4-10/h3-6,8,17H,7H2,1-2H3,(H,14,16)(H,18,19). The first-order valence-electron chi connectivity index (χ1n) is 5.90. The van der Waals surface area contributed by atoms with Crippen molar-refractivity contribution in [3.63, 3.8) is 0 Å². The van der Waals surface area contributed by atoms with Crippen molar-refractivity contribution in [3.05, 3.63) is 24.3 Å². The molecule has 0 aliphatic rings. The van der Waals surface area contributed by atoms with Crippen LogP contribution in [0.25, 0.3) is 0 Å². The van der Waals surface area contributed by atoms with Gasteiger partial charge in [0.2, 0.25) is 11.8 Å². The fourth-order valence-corrected chi connectivity index (χ4v) is 1.66. The third-order valence-electron chi connectivity index (χ3n) is 2.51. The highest BCUT2D eigenvalue weighted by molar-refractivity contribution is 6.01. The van der Waals surface area contributed by atoms with Crippen molar-refractivity contribution in [1.29, 1.82) is 0 Å². The molecule has 1 atom stereocenters. The van der Waals surface area contributed by atoms with Crippen LogP contribution < -0.4 is 10.2 Å². The Bertz CT molecular complexity index is 512. The van der Waals surface area contributed by atoms with Crippen molar-refractivity contribution in [2.75, 3.05) is 11.4 Å². The first-order chi connectivity index (χ1) is 9.31. The number of phenols is 1. The molecule has 1 rings (SSSR count). The van der Waals surface area contributed by atoms with Gasteiger partial charge in [-0.3, -0.25) is 19.3 Å². The molecule has 0 radical (unpaired) electrons. The highest BCUT2D eigenvalue weighted by Crippen LogP contribution is 2.19. The maximum Gasteiger partial charge on any atom is 0.323 e. The average Bonchev–Trinajstić information content (AvgIpc) is 2.35. The van der Waals surface area contributed by atoms with Gasteiger partial charge in [-0.2, -0.15) is 0 Å². The number of nitrogens with zero attached hydrogens (tertiary/aromatic N) is 1. The number of aliphatic carboxylic acids is 1. The first kappa shape index (κ1) is 15.5. The van der Waals surface area contributed by atoms with Gasteiger partial charge in [0, 0.05) is 12.6 Å². The van der Waals surface area contributed by atoms with E-state index < -0.39 is 24.5 Å². The smallest absolute Gasteiger partial charge is 0.323 e. The second kappa shape index (κ2) is 6.55. The predicted molar refractivity (Wildman–Crippen MR) is 71.4 cm³/mol. The first-order valence-corrected chi connectivity index (χ1v) is 5.90. The van der Waals surface area contributed by atoms with Crippen LogP contribution in [0.1, 0.15) is 13.8 Å². The Morgan fingerprint density at radius 1 is 1.25 bits per heavy atom. The lowest BCUT2D eigenvalue weighted by Crippen LogP contribution is -2.48. The predicted octanol–water partition coefficient (Wildman–Crippen LogP) is 0.334. The normalized spacial score (nSPS) is 11.5. The van der Waals surface area contributed by atoms with E-state index in [0.29, 0.717) is 5.69 Å². The number of anilines is 1. The van der Waals surface area contributed by atoms with Crippen LogP contribution in [0.15, 0.2) is 24.3 Å². The summed E-state index contributed by atoms with van der Waals surface area (Å²) in [5.41, 5.74) is 0.326. The molecule has 0 bridgehead atoms. The van der Waals surface area contributed by atoms with Gasteiger partial charge in [-0.05, 0) is 31.2 Å². The zero-order valence-corrected chi connectivity index (χ0v) is 11.2. The molecule has 7 nitrogen and oxygen atoms in total. The summed E-state index contributed by atoms with van der Waals surface area (Å²) in [6.07, 6.45) is 0. The molecule has 20 heavy (non-hydrogen) atoms. The summed E-state index contributed by atoms with van der Waals surface area (Å²) in [7, 11) is 0. The number of benzene rings is 1. The third-order valence-corrected chi connectivity index (χ3v) is 2.51. The number of hydrogen-bond donors (Lipinski definition) is 3. The minimum Gasteiger partial charge on any atom is -0.508 e. The van der Waals surface area contributed by atoms with Crippen molar-refractivity contribution in [2.45, 2.75) is 19.9 Å². The summed E-state index contributed by atoms with van der Waals surface area (Å²) in [4.78, 5) is 35.0. The zero-order chi connectivity index (χ0) is 15.3. The lowest BCUT2D eigenvalue weighted by Gasteiger charge is -2.24. The van der Waals surface area contributed by atoms with E-state index >= 15 is 0 Å². The summed E-state index contributed by atoms with van der Waals surface area (Å²) >= 11 is 0. The van der Waals surface area contributed by atoms with Crippen LogP contribution in [0.5, 0.6) is 5.75 Å². The van der Waals surface area contributed by atoms with Crippen LogP contribution in [0.2, 0.25) is 0 Å². The number of carboxylic acid groups (broad SMARTS) is 1. The van der Waals surface area contributed by atoms with E-state index in [1.54, 1.807) is 0 Å². The molecule has 0 fully saturated rings. The molecule has 0 aromatic heterocycles. The molecule has 7 heteroatoms. The van der Waals surface area contributed by atoms with Gasteiger partial charge in [0.05, 0.1) is 0 Å². The largest absolute Gasteiger partial charge is 0.508 e. The van der Waals surface area contributed by atoms with Crippen LogP contribution in [0, 0.1) is 0 Å². The van der Waals surface area contributed by atoms with Crippen LogP contribution in [0.3, 0.4) is 0 Å². The van der Waals surface area contributed by atoms with Gasteiger partial charge in [-0.15, -0.1) is 0 Å². The summed E-state index contributed by atoms with van der Waals surface area (Å²) in [5, 5.41) is 20.5. The van der Waals surface area contributed by atoms with Crippen LogP contribution >= 0.6 is 0 Å². The molecular formula is C13H16N2O5. The number of carbonyl (C=O) groups is 3. The number of aromatic hydroxyl groups is 1. The average molecular weight is 280 g/mol. The van der Waals surface area contributed by atoms with Gasteiger partial charge >= 0.3 is 5.97 Å². The second-order valence-electron chi connectivity index (χ2n) is 4.26. The van der Waals surface area contributed by atoms with E-state index in [2.05, 4.69) is 5.32 Å². The van der Waals surface area contributed by atoms with E-state index in [-0.39, 0.29) is 11.7 Å². The van der Waals surface area contributed by atoms with E-state index in [0.717, 1.165) is 4.90 Å². The number of carbonyl (C=O) groups excluding carboxylic acids is 2. The lowest BCUT2D eigenvalue weighted by molar-refractivity contribution is -0.136. The molecular weight excluding hydrogens is 264 g/mol. The van der Waals surface area contributed by atoms with Crippen LogP contribution in [0.4, 0.5) is 5.69 Å². The molecule has 0 spiro atoms. The molecule has 0 saturated heterocycles. The maximum absolute atomic E-state index is 12.2. The van der Waals surface area contributed by atoms with E-state index in [9.17, 15) is 19.5 Å². The van der Waals surface area contributed by atoms with E-state index in [1.165, 1.54) is 38.1 Å². The molecule has 0 aliphatic carbocycles. The van der Waals surface area contributed by atoms with Crippen molar-refractivity contribution in [3.8, 4) is 5.75 Å². The summed E-state index contributed by atoms with van der Waals surface area (Å²) in [6.45, 7) is 2.21. The Morgan fingerprint density at radius 2 is 1.80 bits per heavy atom. The van der Waals surface area contributed by atoms with Crippen molar-refractivity contribution < 1.29 is 24.6 Å². The van der Waals surface area contributed by atoms with Crippen molar-refractivity contribution in [2.24, 2.45) is 0 Å².